The molecule has 0 saturated carbocycles. The van der Waals surface area contributed by atoms with Gasteiger partial charge in [0.1, 0.15) is 5.82 Å². The van der Waals surface area contributed by atoms with Gasteiger partial charge in [0.25, 0.3) is 0 Å². The molecule has 2 aromatic carbocycles. The topological polar surface area (TPSA) is 63.8 Å². The number of rotatable bonds is 6. The zero-order chi connectivity index (χ0) is 23.6. The van der Waals surface area contributed by atoms with E-state index in [1.165, 1.54) is 6.07 Å². The van der Waals surface area contributed by atoms with Crippen LogP contribution in [0.5, 0.6) is 0 Å². The third-order valence-corrected chi connectivity index (χ3v) is 5.65. The molecular weight excluding hydrogens is 429 g/mol. The Morgan fingerprint density at radius 1 is 1.00 bits per heavy atom. The van der Waals surface area contributed by atoms with Crippen molar-refractivity contribution in [1.82, 2.24) is 15.1 Å². The average molecular weight is 452 g/mol. The standard InChI is InChI=1S/C25H23F3N4O/c1-15-9-10-17(12-16(15)2)13-21(18-6-4-7-19(14-18)25(26,27)28)24-31-23(32-33-24)20-8-5-11-30-22(20)29-3/h4-12,14,21H,13H2,1-3H3,(H,29,30). The van der Waals surface area contributed by atoms with Gasteiger partial charge < -0.3 is 9.84 Å². The first kappa shape index (κ1) is 22.5. The number of nitrogens with one attached hydrogen (secondary N) is 1. The minimum atomic E-state index is -4.45. The molecule has 0 aliphatic rings. The Labute approximate surface area is 189 Å². The lowest BCUT2D eigenvalue weighted by Gasteiger charge is -2.16. The summed E-state index contributed by atoms with van der Waals surface area (Å²) in [7, 11) is 1.73. The molecule has 0 spiro atoms. The van der Waals surface area contributed by atoms with E-state index in [9.17, 15) is 13.2 Å². The number of pyridine rings is 1. The maximum atomic E-state index is 13.4. The largest absolute Gasteiger partial charge is 0.416 e. The summed E-state index contributed by atoms with van der Waals surface area (Å²) in [6.07, 6.45) is -2.39. The molecule has 33 heavy (non-hydrogen) atoms. The van der Waals surface area contributed by atoms with Crippen LogP contribution in [0.1, 0.15) is 39.6 Å². The minimum Gasteiger partial charge on any atom is -0.373 e. The number of hydrogen-bond donors (Lipinski definition) is 1. The first-order valence-electron chi connectivity index (χ1n) is 10.5. The molecule has 1 unspecified atom stereocenters. The first-order valence-corrected chi connectivity index (χ1v) is 10.5. The SMILES string of the molecule is CNc1ncccc1-c1noc(C(Cc2ccc(C)c(C)c2)c2cccc(C(F)(F)F)c2)n1. The summed E-state index contributed by atoms with van der Waals surface area (Å²) in [4.78, 5) is 8.81. The minimum absolute atomic E-state index is 0.244. The van der Waals surface area contributed by atoms with Crippen molar-refractivity contribution in [3.05, 3.63) is 94.5 Å². The van der Waals surface area contributed by atoms with Gasteiger partial charge in [0.15, 0.2) is 0 Å². The van der Waals surface area contributed by atoms with Gasteiger partial charge in [0, 0.05) is 13.2 Å². The monoisotopic (exact) mass is 452 g/mol. The zero-order valence-electron chi connectivity index (χ0n) is 18.4. The summed E-state index contributed by atoms with van der Waals surface area (Å²) in [5.41, 5.74) is 3.61. The number of hydrogen-bond acceptors (Lipinski definition) is 5. The second-order valence-electron chi connectivity index (χ2n) is 7.90. The normalized spacial score (nSPS) is 12.5. The van der Waals surface area contributed by atoms with Crippen molar-refractivity contribution in [1.29, 1.82) is 0 Å². The Bertz CT molecular complexity index is 1270. The molecule has 0 radical (unpaired) electrons. The van der Waals surface area contributed by atoms with Crippen molar-refractivity contribution in [2.75, 3.05) is 12.4 Å². The van der Waals surface area contributed by atoms with Gasteiger partial charge in [0.2, 0.25) is 11.7 Å². The lowest BCUT2D eigenvalue weighted by Crippen LogP contribution is -2.10. The molecule has 0 fully saturated rings. The highest BCUT2D eigenvalue weighted by Crippen LogP contribution is 2.35. The number of nitrogens with zero attached hydrogens (tertiary/aromatic N) is 3. The van der Waals surface area contributed by atoms with E-state index >= 15 is 0 Å². The molecule has 1 N–H and O–H groups in total. The van der Waals surface area contributed by atoms with Crippen LogP contribution >= 0.6 is 0 Å². The fourth-order valence-electron chi connectivity index (χ4n) is 3.72. The van der Waals surface area contributed by atoms with Crippen LogP contribution in [-0.4, -0.2) is 22.2 Å². The maximum absolute atomic E-state index is 13.4. The molecule has 5 nitrogen and oxygen atoms in total. The molecule has 2 heterocycles. The van der Waals surface area contributed by atoms with E-state index in [1.54, 1.807) is 31.4 Å². The van der Waals surface area contributed by atoms with E-state index in [2.05, 4.69) is 20.4 Å². The number of aromatic nitrogens is 3. The summed E-state index contributed by atoms with van der Waals surface area (Å²) in [6, 6.07) is 14.8. The zero-order valence-corrected chi connectivity index (χ0v) is 18.4. The van der Waals surface area contributed by atoms with Crippen LogP contribution in [0.3, 0.4) is 0 Å². The predicted octanol–water partition coefficient (Wildman–Crippen LogP) is 6.18. The number of halogens is 3. The molecular formula is C25H23F3N4O. The van der Waals surface area contributed by atoms with E-state index < -0.39 is 17.7 Å². The molecule has 0 amide bonds. The average Bonchev–Trinajstić information content (AvgIpc) is 3.29. The molecule has 4 rings (SSSR count). The third kappa shape index (κ3) is 4.89. The van der Waals surface area contributed by atoms with Gasteiger partial charge in [-0.3, -0.25) is 0 Å². The van der Waals surface area contributed by atoms with Gasteiger partial charge in [-0.15, -0.1) is 0 Å². The summed E-state index contributed by atoms with van der Waals surface area (Å²) in [6.45, 7) is 4.02. The molecule has 0 saturated heterocycles. The third-order valence-electron chi connectivity index (χ3n) is 5.65. The van der Waals surface area contributed by atoms with E-state index in [0.717, 1.165) is 28.8 Å². The van der Waals surface area contributed by atoms with Crippen LogP contribution in [0.25, 0.3) is 11.4 Å². The lowest BCUT2D eigenvalue weighted by atomic mass is 9.89. The molecule has 0 aliphatic carbocycles. The van der Waals surface area contributed by atoms with Crippen molar-refractivity contribution in [3.8, 4) is 11.4 Å². The molecule has 170 valence electrons. The lowest BCUT2D eigenvalue weighted by molar-refractivity contribution is -0.137. The van der Waals surface area contributed by atoms with Gasteiger partial charge in [0.05, 0.1) is 17.0 Å². The van der Waals surface area contributed by atoms with Crippen LogP contribution in [0, 0.1) is 13.8 Å². The van der Waals surface area contributed by atoms with E-state index in [4.69, 9.17) is 4.52 Å². The van der Waals surface area contributed by atoms with Crippen molar-refractivity contribution in [3.63, 3.8) is 0 Å². The van der Waals surface area contributed by atoms with E-state index in [0.29, 0.717) is 29.2 Å². The van der Waals surface area contributed by atoms with Crippen molar-refractivity contribution >= 4 is 5.82 Å². The van der Waals surface area contributed by atoms with Crippen LogP contribution < -0.4 is 5.32 Å². The Kier molecular flexibility index (Phi) is 6.18. The van der Waals surface area contributed by atoms with Crippen LogP contribution in [0.2, 0.25) is 0 Å². The second kappa shape index (κ2) is 9.05. The highest BCUT2D eigenvalue weighted by atomic mass is 19.4. The molecule has 0 aliphatic heterocycles. The smallest absolute Gasteiger partial charge is 0.373 e. The van der Waals surface area contributed by atoms with Gasteiger partial charge in [-0.2, -0.15) is 18.2 Å². The molecule has 2 aromatic heterocycles. The summed E-state index contributed by atoms with van der Waals surface area (Å²) < 4.78 is 45.8. The highest BCUT2D eigenvalue weighted by molar-refractivity contribution is 5.69. The summed E-state index contributed by atoms with van der Waals surface area (Å²) >= 11 is 0. The Hall–Kier alpha value is -3.68. The second-order valence-corrected chi connectivity index (χ2v) is 7.90. The summed E-state index contributed by atoms with van der Waals surface area (Å²) in [5.74, 6) is 0.591. The number of benzene rings is 2. The Morgan fingerprint density at radius 2 is 1.82 bits per heavy atom. The molecule has 4 aromatic rings. The predicted molar refractivity (Wildman–Crippen MR) is 120 cm³/mol. The maximum Gasteiger partial charge on any atom is 0.416 e. The number of aryl methyl sites for hydroxylation is 2. The molecule has 0 bridgehead atoms. The van der Waals surface area contributed by atoms with Gasteiger partial charge in [-0.1, -0.05) is 41.6 Å². The first-order chi connectivity index (χ1) is 15.8. The van der Waals surface area contributed by atoms with Gasteiger partial charge >= 0.3 is 6.18 Å². The van der Waals surface area contributed by atoms with Gasteiger partial charge in [-0.25, -0.2) is 4.98 Å². The number of anilines is 1. The van der Waals surface area contributed by atoms with Crippen molar-refractivity contribution in [2.24, 2.45) is 0 Å². The molecule has 1 atom stereocenters. The van der Waals surface area contributed by atoms with Crippen molar-refractivity contribution in [2.45, 2.75) is 32.4 Å². The molecule has 8 heteroatoms. The number of alkyl halides is 3. The summed E-state index contributed by atoms with van der Waals surface area (Å²) in [5, 5.41) is 7.08. The van der Waals surface area contributed by atoms with Crippen LogP contribution in [0.4, 0.5) is 19.0 Å². The quantitative estimate of drug-likeness (QED) is 0.378. The fourth-order valence-corrected chi connectivity index (χ4v) is 3.72. The van der Waals surface area contributed by atoms with Crippen molar-refractivity contribution < 1.29 is 17.7 Å². The van der Waals surface area contributed by atoms with Gasteiger partial charge in [-0.05, 0) is 60.7 Å². The van der Waals surface area contributed by atoms with Crippen LogP contribution in [-0.2, 0) is 12.6 Å². The van der Waals surface area contributed by atoms with E-state index in [1.807, 2.05) is 32.0 Å². The Morgan fingerprint density at radius 3 is 2.55 bits per heavy atom. The van der Waals surface area contributed by atoms with E-state index in [-0.39, 0.29) is 5.89 Å². The fraction of sp³-hybridized carbons (Fsp3) is 0.240. The van der Waals surface area contributed by atoms with Crippen LogP contribution in [0.15, 0.2) is 65.3 Å². The highest BCUT2D eigenvalue weighted by Gasteiger charge is 2.32. The Balaban J connectivity index is 1.78.